The molecule has 0 atom stereocenters. The monoisotopic (exact) mass is 504 g/mol. The van der Waals surface area contributed by atoms with Crippen molar-refractivity contribution in [3.63, 3.8) is 0 Å². The van der Waals surface area contributed by atoms with E-state index in [2.05, 4.69) is 38.1 Å². The van der Waals surface area contributed by atoms with Crippen LogP contribution in [0.4, 0.5) is 8.78 Å². The van der Waals surface area contributed by atoms with Gasteiger partial charge in [0.2, 0.25) is 5.82 Å². The highest BCUT2D eigenvalue weighted by Gasteiger charge is 2.27. The van der Waals surface area contributed by atoms with E-state index in [-0.39, 0.29) is 17.2 Å². The molecule has 3 aromatic rings. The molecule has 37 heavy (non-hydrogen) atoms. The second-order valence-corrected chi connectivity index (χ2v) is 10.4. The van der Waals surface area contributed by atoms with Crippen molar-refractivity contribution in [1.29, 1.82) is 0 Å². The van der Waals surface area contributed by atoms with Gasteiger partial charge in [-0.3, -0.25) is 0 Å². The van der Waals surface area contributed by atoms with Crippen molar-refractivity contribution >= 4 is 5.97 Å². The average molecular weight is 505 g/mol. The molecule has 3 aromatic carbocycles. The first-order valence-electron chi connectivity index (χ1n) is 13.9. The van der Waals surface area contributed by atoms with Crippen LogP contribution in [0.2, 0.25) is 0 Å². The highest BCUT2D eigenvalue weighted by molar-refractivity contribution is 5.91. The van der Waals surface area contributed by atoms with Crippen molar-refractivity contribution in [2.24, 2.45) is 5.92 Å². The van der Waals surface area contributed by atoms with Crippen LogP contribution in [0, 0.1) is 17.6 Å². The molecule has 196 valence electrons. The predicted octanol–water partition coefficient (Wildman–Crippen LogP) is 9.66. The summed E-state index contributed by atoms with van der Waals surface area (Å²) in [7, 11) is 0. The zero-order valence-corrected chi connectivity index (χ0v) is 22.1. The van der Waals surface area contributed by atoms with E-state index in [1.54, 1.807) is 18.2 Å². The SMILES string of the molecule is CCCCCc1ccc(-c2ccc(C(=O)Oc3ccc([C@H]4CC[C@H](CCC)CC4)c(F)c3F)cc2)cc1. The minimum absolute atomic E-state index is 0.0188. The Hall–Kier alpha value is -3.01. The fourth-order valence-electron chi connectivity index (χ4n) is 5.51. The van der Waals surface area contributed by atoms with Gasteiger partial charge in [0.15, 0.2) is 11.6 Å². The Morgan fingerprint density at radius 1 is 0.784 bits per heavy atom. The summed E-state index contributed by atoms with van der Waals surface area (Å²) in [5.41, 5.74) is 4.05. The smallest absolute Gasteiger partial charge is 0.343 e. The molecule has 4 heteroatoms. The van der Waals surface area contributed by atoms with Gasteiger partial charge in [-0.15, -0.1) is 0 Å². The molecule has 0 spiro atoms. The third kappa shape index (κ3) is 6.85. The third-order valence-electron chi connectivity index (χ3n) is 7.74. The number of carbonyl (C=O) groups excluding carboxylic acids is 1. The molecule has 1 saturated carbocycles. The van der Waals surface area contributed by atoms with Crippen molar-refractivity contribution < 1.29 is 18.3 Å². The minimum Gasteiger partial charge on any atom is -0.420 e. The van der Waals surface area contributed by atoms with Gasteiger partial charge in [0.05, 0.1) is 5.56 Å². The predicted molar refractivity (Wildman–Crippen MR) is 146 cm³/mol. The van der Waals surface area contributed by atoms with Crippen molar-refractivity contribution in [2.75, 3.05) is 0 Å². The molecule has 0 amide bonds. The number of ether oxygens (including phenoxy) is 1. The van der Waals surface area contributed by atoms with E-state index < -0.39 is 17.6 Å². The Labute approximate surface area is 220 Å². The van der Waals surface area contributed by atoms with Crippen molar-refractivity contribution in [3.05, 3.63) is 89.0 Å². The standard InChI is InChI=1S/C33H38F2O2/c1-3-5-6-8-24-9-13-25(14-10-24)26-17-19-28(20-18-26)33(36)37-30-22-21-29(31(34)32(30)35)27-15-11-23(7-4-2)12-16-27/h9-10,13-14,17-23,27H,3-8,11-12,15-16H2,1-2H3/t23-,27-. The van der Waals surface area contributed by atoms with Crippen molar-refractivity contribution in [3.8, 4) is 16.9 Å². The maximum atomic E-state index is 14.9. The molecule has 0 radical (unpaired) electrons. The van der Waals surface area contributed by atoms with Gasteiger partial charge in [-0.2, -0.15) is 4.39 Å². The highest BCUT2D eigenvalue weighted by atomic mass is 19.2. The second-order valence-electron chi connectivity index (χ2n) is 10.4. The van der Waals surface area contributed by atoms with E-state index in [4.69, 9.17) is 4.74 Å². The average Bonchev–Trinajstić information content (AvgIpc) is 2.93. The molecule has 0 aromatic heterocycles. The van der Waals surface area contributed by atoms with E-state index in [9.17, 15) is 13.6 Å². The first kappa shape index (κ1) is 27.0. The molecule has 0 unspecified atom stereocenters. The molecule has 0 bridgehead atoms. The van der Waals surface area contributed by atoms with Gasteiger partial charge in [0.1, 0.15) is 0 Å². The van der Waals surface area contributed by atoms with Crippen molar-refractivity contribution in [1.82, 2.24) is 0 Å². The molecule has 0 heterocycles. The summed E-state index contributed by atoms with van der Waals surface area (Å²) >= 11 is 0. The lowest BCUT2D eigenvalue weighted by molar-refractivity contribution is 0.0726. The maximum Gasteiger partial charge on any atom is 0.343 e. The number of benzene rings is 3. The van der Waals surface area contributed by atoms with Gasteiger partial charge in [-0.25, -0.2) is 9.18 Å². The Bertz CT molecular complexity index is 1160. The number of carbonyl (C=O) groups is 1. The van der Waals surface area contributed by atoms with Crippen LogP contribution < -0.4 is 4.74 Å². The molecule has 4 rings (SSSR count). The largest absolute Gasteiger partial charge is 0.420 e. The Kier molecular flexibility index (Phi) is 9.49. The summed E-state index contributed by atoms with van der Waals surface area (Å²) in [6.45, 7) is 4.39. The lowest BCUT2D eigenvalue weighted by atomic mass is 9.77. The van der Waals surface area contributed by atoms with E-state index in [1.165, 1.54) is 37.3 Å². The first-order chi connectivity index (χ1) is 18.0. The van der Waals surface area contributed by atoms with Crippen LogP contribution in [-0.2, 0) is 6.42 Å². The van der Waals surface area contributed by atoms with Gasteiger partial charge >= 0.3 is 5.97 Å². The topological polar surface area (TPSA) is 26.3 Å². The fourth-order valence-corrected chi connectivity index (χ4v) is 5.51. The van der Waals surface area contributed by atoms with E-state index in [1.807, 2.05) is 12.1 Å². The van der Waals surface area contributed by atoms with Crippen LogP contribution >= 0.6 is 0 Å². The molecule has 1 aliphatic carbocycles. The van der Waals surface area contributed by atoms with E-state index >= 15 is 0 Å². The lowest BCUT2D eigenvalue weighted by Crippen LogP contribution is -2.15. The molecule has 0 N–H and O–H groups in total. The first-order valence-corrected chi connectivity index (χ1v) is 13.9. The number of halogens is 2. The molecule has 2 nitrogen and oxygen atoms in total. The van der Waals surface area contributed by atoms with Crippen LogP contribution in [0.3, 0.4) is 0 Å². The summed E-state index contributed by atoms with van der Waals surface area (Å²) in [6, 6.07) is 18.4. The second kappa shape index (κ2) is 13.0. The van der Waals surface area contributed by atoms with E-state index in [0.717, 1.165) is 49.7 Å². The number of aryl methyl sites for hydroxylation is 1. The summed E-state index contributed by atoms with van der Waals surface area (Å²) in [4.78, 5) is 12.7. The molecular weight excluding hydrogens is 466 g/mol. The van der Waals surface area contributed by atoms with E-state index in [0.29, 0.717) is 11.5 Å². The molecule has 0 aliphatic heterocycles. The van der Waals surface area contributed by atoms with Gasteiger partial charge in [-0.05, 0) is 90.8 Å². The molecule has 1 aliphatic rings. The minimum atomic E-state index is -1.09. The number of unbranched alkanes of at least 4 members (excludes halogenated alkanes) is 2. The number of rotatable bonds is 10. The Balaban J connectivity index is 1.38. The molecular formula is C33H38F2O2. The highest BCUT2D eigenvalue weighted by Crippen LogP contribution is 2.40. The Morgan fingerprint density at radius 3 is 2.05 bits per heavy atom. The van der Waals surface area contributed by atoms with Gasteiger partial charge in [0.25, 0.3) is 0 Å². The van der Waals surface area contributed by atoms with Crippen LogP contribution in [0.1, 0.15) is 99.0 Å². The molecule has 1 fully saturated rings. The van der Waals surface area contributed by atoms with Crippen LogP contribution in [0.15, 0.2) is 60.7 Å². The fraction of sp³-hybridized carbons (Fsp3) is 0.424. The third-order valence-corrected chi connectivity index (χ3v) is 7.74. The zero-order valence-electron chi connectivity index (χ0n) is 22.1. The number of esters is 1. The van der Waals surface area contributed by atoms with Crippen LogP contribution in [-0.4, -0.2) is 5.97 Å². The summed E-state index contributed by atoms with van der Waals surface area (Å²) in [5.74, 6) is -2.34. The quantitative estimate of drug-likeness (QED) is 0.156. The maximum absolute atomic E-state index is 14.9. The summed E-state index contributed by atoms with van der Waals surface area (Å²) in [5, 5.41) is 0. The summed E-state index contributed by atoms with van der Waals surface area (Å²) in [6.07, 6.45) is 10.9. The lowest BCUT2D eigenvalue weighted by Gasteiger charge is -2.29. The van der Waals surface area contributed by atoms with Gasteiger partial charge < -0.3 is 4.74 Å². The van der Waals surface area contributed by atoms with Gasteiger partial charge in [-0.1, -0.05) is 82.0 Å². The number of hydrogen-bond acceptors (Lipinski definition) is 2. The Morgan fingerprint density at radius 2 is 1.43 bits per heavy atom. The molecule has 0 saturated heterocycles. The summed E-state index contributed by atoms with van der Waals surface area (Å²) < 4.78 is 35.0. The van der Waals surface area contributed by atoms with Crippen molar-refractivity contribution in [2.45, 2.75) is 84.0 Å². The van der Waals surface area contributed by atoms with Crippen LogP contribution in [0.25, 0.3) is 11.1 Å². The number of hydrogen-bond donors (Lipinski definition) is 0. The van der Waals surface area contributed by atoms with Gasteiger partial charge in [0, 0.05) is 0 Å². The normalized spacial score (nSPS) is 17.5. The zero-order chi connectivity index (χ0) is 26.2. The van der Waals surface area contributed by atoms with Crippen LogP contribution in [0.5, 0.6) is 5.75 Å².